The summed E-state index contributed by atoms with van der Waals surface area (Å²) in [7, 11) is 0. The number of esters is 1. The lowest BCUT2D eigenvalue weighted by molar-refractivity contribution is -0.143. The van der Waals surface area contributed by atoms with Crippen LogP contribution in [0.1, 0.15) is 316 Å². The number of allylic oxidation sites excluding steroid dienone is 5. The molecule has 0 aliphatic carbocycles. The molecule has 0 spiro atoms. The van der Waals surface area contributed by atoms with E-state index >= 15 is 0 Å². The smallest absolute Gasteiger partial charge is 0.305 e. The first-order chi connectivity index (χ1) is 33.0. The van der Waals surface area contributed by atoms with Crippen molar-refractivity contribution in [2.45, 2.75) is 328 Å². The summed E-state index contributed by atoms with van der Waals surface area (Å²) in [5, 5.41) is 23.2. The van der Waals surface area contributed by atoms with Crippen molar-refractivity contribution in [3.05, 3.63) is 36.5 Å². The van der Waals surface area contributed by atoms with Gasteiger partial charge in [-0.25, -0.2) is 0 Å². The van der Waals surface area contributed by atoms with Crippen molar-refractivity contribution in [3.63, 3.8) is 0 Å². The maximum Gasteiger partial charge on any atom is 0.305 e. The van der Waals surface area contributed by atoms with Crippen molar-refractivity contribution in [2.24, 2.45) is 0 Å². The Balaban J connectivity index is 3.46. The van der Waals surface area contributed by atoms with Gasteiger partial charge in [-0.1, -0.05) is 281 Å². The average molecular weight is 943 g/mol. The molecule has 3 N–H and O–H groups in total. The lowest BCUT2D eigenvalue weighted by Crippen LogP contribution is -2.45. The van der Waals surface area contributed by atoms with Crippen molar-refractivity contribution >= 4 is 11.9 Å². The molecule has 0 rings (SSSR count). The van der Waals surface area contributed by atoms with Gasteiger partial charge >= 0.3 is 5.97 Å². The van der Waals surface area contributed by atoms with Gasteiger partial charge in [-0.05, 0) is 57.8 Å². The molecular weight excluding hydrogens is 827 g/mol. The van der Waals surface area contributed by atoms with Gasteiger partial charge in [-0.2, -0.15) is 0 Å². The zero-order valence-corrected chi connectivity index (χ0v) is 44.9. The number of carbonyl (C=O) groups is 2. The molecular formula is C61H115NO5. The van der Waals surface area contributed by atoms with Crippen LogP contribution in [-0.2, 0) is 14.3 Å². The Hall–Kier alpha value is -1.92. The first-order valence-electron chi connectivity index (χ1n) is 29.8. The Labute approximate surface area is 417 Å². The number of unbranched alkanes of at least 4 members (excludes halogenated alkanes) is 40. The average Bonchev–Trinajstić information content (AvgIpc) is 3.33. The second kappa shape index (κ2) is 56.7. The third-order valence-corrected chi connectivity index (χ3v) is 13.7. The SMILES string of the molecule is CCCC/C=C\C/C=C\CCCCCCCC(=O)OCCCCCCCCCCCCCCCCCCCC(=O)NC(CO)C(O)/C=C/CCCCCCCCCCCCCCCCCCC. The van der Waals surface area contributed by atoms with Gasteiger partial charge in [-0.3, -0.25) is 9.59 Å². The van der Waals surface area contributed by atoms with Crippen LogP contribution in [0.5, 0.6) is 0 Å². The number of amides is 1. The van der Waals surface area contributed by atoms with E-state index < -0.39 is 12.1 Å². The fraction of sp³-hybridized carbons (Fsp3) is 0.869. The predicted molar refractivity (Wildman–Crippen MR) is 292 cm³/mol. The fourth-order valence-corrected chi connectivity index (χ4v) is 9.06. The summed E-state index contributed by atoms with van der Waals surface area (Å²) in [6.07, 6.45) is 70.2. The van der Waals surface area contributed by atoms with Crippen LogP contribution in [0.2, 0.25) is 0 Å². The molecule has 0 aromatic heterocycles. The van der Waals surface area contributed by atoms with Crippen LogP contribution < -0.4 is 5.32 Å². The Morgan fingerprint density at radius 1 is 0.418 bits per heavy atom. The molecule has 0 bridgehead atoms. The summed E-state index contributed by atoms with van der Waals surface area (Å²) in [5.74, 6) is -0.0819. The molecule has 67 heavy (non-hydrogen) atoms. The number of aliphatic hydroxyl groups is 2. The molecule has 0 radical (unpaired) electrons. The Morgan fingerprint density at radius 3 is 1.18 bits per heavy atom. The number of nitrogens with one attached hydrogen (secondary N) is 1. The fourth-order valence-electron chi connectivity index (χ4n) is 9.06. The molecule has 2 unspecified atom stereocenters. The molecule has 0 aromatic rings. The minimum absolute atomic E-state index is 0.0101. The van der Waals surface area contributed by atoms with Crippen molar-refractivity contribution < 1.29 is 24.5 Å². The van der Waals surface area contributed by atoms with E-state index in [4.69, 9.17) is 4.74 Å². The van der Waals surface area contributed by atoms with Gasteiger partial charge in [0.05, 0.1) is 25.4 Å². The van der Waals surface area contributed by atoms with E-state index in [1.165, 1.54) is 238 Å². The zero-order valence-electron chi connectivity index (χ0n) is 44.9. The van der Waals surface area contributed by atoms with E-state index in [9.17, 15) is 19.8 Å². The summed E-state index contributed by atoms with van der Waals surface area (Å²) in [5.41, 5.74) is 0. The van der Waals surface area contributed by atoms with E-state index in [2.05, 4.69) is 43.5 Å². The van der Waals surface area contributed by atoms with Crippen LogP contribution >= 0.6 is 0 Å². The first-order valence-corrected chi connectivity index (χ1v) is 29.8. The van der Waals surface area contributed by atoms with Gasteiger partial charge in [0.15, 0.2) is 0 Å². The van der Waals surface area contributed by atoms with Gasteiger partial charge in [0.25, 0.3) is 0 Å². The first kappa shape index (κ1) is 65.1. The van der Waals surface area contributed by atoms with Crippen molar-refractivity contribution in [3.8, 4) is 0 Å². The van der Waals surface area contributed by atoms with E-state index in [-0.39, 0.29) is 18.5 Å². The van der Waals surface area contributed by atoms with Crippen molar-refractivity contribution in [2.75, 3.05) is 13.2 Å². The van der Waals surface area contributed by atoms with Gasteiger partial charge in [0.2, 0.25) is 5.91 Å². The molecule has 0 saturated heterocycles. The Morgan fingerprint density at radius 2 is 0.761 bits per heavy atom. The molecule has 1 amide bonds. The van der Waals surface area contributed by atoms with Crippen LogP contribution in [0.4, 0.5) is 0 Å². The minimum Gasteiger partial charge on any atom is -0.466 e. The number of hydrogen-bond donors (Lipinski definition) is 3. The predicted octanol–water partition coefficient (Wildman–Crippen LogP) is 18.4. The molecule has 394 valence electrons. The highest BCUT2D eigenvalue weighted by atomic mass is 16.5. The molecule has 0 aliphatic heterocycles. The van der Waals surface area contributed by atoms with Gasteiger partial charge in [0.1, 0.15) is 0 Å². The van der Waals surface area contributed by atoms with Crippen LogP contribution in [0.15, 0.2) is 36.5 Å². The van der Waals surface area contributed by atoms with E-state index in [0.717, 1.165) is 51.4 Å². The largest absolute Gasteiger partial charge is 0.466 e. The van der Waals surface area contributed by atoms with Crippen LogP contribution in [0.3, 0.4) is 0 Å². The quantitative estimate of drug-likeness (QED) is 0.0321. The van der Waals surface area contributed by atoms with Gasteiger partial charge in [0, 0.05) is 12.8 Å². The molecule has 0 saturated carbocycles. The lowest BCUT2D eigenvalue weighted by atomic mass is 10.0. The molecule has 0 aromatic carbocycles. The van der Waals surface area contributed by atoms with Gasteiger partial charge in [-0.15, -0.1) is 0 Å². The Bertz CT molecular complexity index is 1090. The summed E-state index contributed by atoms with van der Waals surface area (Å²) in [6.45, 7) is 4.86. The van der Waals surface area contributed by atoms with Crippen molar-refractivity contribution in [1.29, 1.82) is 0 Å². The number of ether oxygens (including phenoxy) is 1. The second-order valence-corrected chi connectivity index (χ2v) is 20.3. The molecule has 0 aliphatic rings. The van der Waals surface area contributed by atoms with Crippen LogP contribution in [0.25, 0.3) is 0 Å². The van der Waals surface area contributed by atoms with Gasteiger partial charge < -0.3 is 20.3 Å². The summed E-state index contributed by atoms with van der Waals surface area (Å²) >= 11 is 0. The third-order valence-electron chi connectivity index (χ3n) is 13.7. The van der Waals surface area contributed by atoms with E-state index in [0.29, 0.717) is 19.4 Å². The van der Waals surface area contributed by atoms with E-state index in [1.807, 2.05) is 6.08 Å². The highest BCUT2D eigenvalue weighted by Crippen LogP contribution is 2.17. The molecule has 0 heterocycles. The number of hydrogen-bond acceptors (Lipinski definition) is 5. The molecule has 6 heteroatoms. The number of rotatable bonds is 55. The lowest BCUT2D eigenvalue weighted by Gasteiger charge is -2.20. The summed E-state index contributed by atoms with van der Waals surface area (Å²) in [4.78, 5) is 24.5. The number of carbonyl (C=O) groups excluding carboxylic acids is 2. The normalized spacial score (nSPS) is 12.8. The minimum atomic E-state index is -0.849. The van der Waals surface area contributed by atoms with Crippen LogP contribution in [-0.4, -0.2) is 47.4 Å². The monoisotopic (exact) mass is 942 g/mol. The number of aliphatic hydroxyl groups excluding tert-OH is 2. The standard InChI is InChI=1S/C61H115NO5/c1-3-5-7-9-11-13-15-17-19-20-21-23-26-29-33-37-41-45-49-53-59(64)58(57-63)62-60(65)54-50-46-42-38-34-30-27-24-22-25-28-32-36-40-44-48-52-56-67-61(66)55-51-47-43-39-35-31-18-16-14-12-10-8-6-4-2/h10,12,16,18,49,53,58-59,63-64H,3-9,11,13-15,17,19-48,50-52,54-57H2,1-2H3,(H,62,65)/b12-10-,18-16-,53-49+. The summed E-state index contributed by atoms with van der Waals surface area (Å²) in [6, 6.07) is -0.633. The molecule has 0 fully saturated rings. The maximum absolute atomic E-state index is 12.5. The van der Waals surface area contributed by atoms with E-state index in [1.54, 1.807) is 6.08 Å². The Kier molecular flexibility index (Phi) is 55.0. The highest BCUT2D eigenvalue weighted by Gasteiger charge is 2.18. The second-order valence-electron chi connectivity index (χ2n) is 20.3. The summed E-state index contributed by atoms with van der Waals surface area (Å²) < 4.78 is 5.47. The topological polar surface area (TPSA) is 95.9 Å². The zero-order chi connectivity index (χ0) is 48.6. The third kappa shape index (κ3) is 53.3. The van der Waals surface area contributed by atoms with Crippen molar-refractivity contribution in [1.82, 2.24) is 5.32 Å². The maximum atomic E-state index is 12.5. The molecule has 2 atom stereocenters. The molecule has 6 nitrogen and oxygen atoms in total. The van der Waals surface area contributed by atoms with Crippen LogP contribution in [0, 0.1) is 0 Å². The highest BCUT2D eigenvalue weighted by molar-refractivity contribution is 5.76.